The topological polar surface area (TPSA) is 78.3 Å². The van der Waals surface area contributed by atoms with Gasteiger partial charge in [-0.2, -0.15) is 0 Å². The van der Waals surface area contributed by atoms with Gasteiger partial charge in [0.1, 0.15) is 0 Å². The maximum atomic E-state index is 12.0. The minimum atomic E-state index is -1.38. The molecule has 0 spiro atoms. The largest absolute Gasteiger partial charge is 0.442 e. The lowest BCUT2D eigenvalue weighted by atomic mass is 9.74. The molecule has 0 fully saturated rings. The highest BCUT2D eigenvalue weighted by Crippen LogP contribution is 2.31. The molecule has 29 heavy (non-hydrogen) atoms. The summed E-state index contributed by atoms with van der Waals surface area (Å²) in [6, 6.07) is 29.6. The third-order valence-electron chi connectivity index (χ3n) is 5.20. The van der Waals surface area contributed by atoms with Crippen LogP contribution in [-0.2, 0) is 28.8 Å². The molecular weight excluding hydrogens is 360 g/mol. The minimum Gasteiger partial charge on any atom is -0.442 e. The number of hydrogen-bond acceptors (Lipinski definition) is 4. The summed E-state index contributed by atoms with van der Waals surface area (Å²) >= 11 is 0. The van der Waals surface area contributed by atoms with Crippen molar-refractivity contribution in [3.63, 3.8) is 0 Å². The van der Waals surface area contributed by atoms with Gasteiger partial charge in [0.15, 0.2) is 5.72 Å². The Bertz CT molecular complexity index is 872. The van der Waals surface area contributed by atoms with Crippen molar-refractivity contribution in [1.82, 2.24) is 0 Å². The molecule has 0 amide bonds. The second-order valence-corrected chi connectivity index (χ2v) is 7.63. The Kier molecular flexibility index (Phi) is 6.47. The number of rotatable bonds is 8. The lowest BCUT2D eigenvalue weighted by Gasteiger charge is -2.45. The molecule has 4 N–H and O–H groups in total. The predicted octanol–water partition coefficient (Wildman–Crippen LogP) is 3.63. The van der Waals surface area contributed by atoms with Crippen LogP contribution in [0.5, 0.6) is 0 Å². The zero-order valence-electron chi connectivity index (χ0n) is 16.8. The number of esters is 1. The molecule has 150 valence electrons. The van der Waals surface area contributed by atoms with Crippen molar-refractivity contribution in [3.05, 3.63) is 108 Å². The molecule has 0 aromatic heterocycles. The molecule has 0 saturated carbocycles. The number of benzene rings is 3. The van der Waals surface area contributed by atoms with Gasteiger partial charge in [0.25, 0.3) is 0 Å². The van der Waals surface area contributed by atoms with Crippen molar-refractivity contribution < 1.29 is 9.53 Å². The zero-order valence-corrected chi connectivity index (χ0v) is 16.8. The minimum absolute atomic E-state index is 0.323. The average Bonchev–Trinajstić information content (AvgIpc) is 2.69. The van der Waals surface area contributed by atoms with Crippen LogP contribution < -0.4 is 11.5 Å². The van der Waals surface area contributed by atoms with E-state index in [1.165, 1.54) is 6.92 Å². The highest BCUT2D eigenvalue weighted by atomic mass is 16.6. The third kappa shape index (κ3) is 5.31. The fourth-order valence-electron chi connectivity index (χ4n) is 3.75. The number of ether oxygens (including phenoxy) is 1. The molecule has 0 bridgehead atoms. The van der Waals surface area contributed by atoms with E-state index in [1.807, 2.05) is 91.0 Å². The lowest BCUT2D eigenvalue weighted by molar-refractivity contribution is -0.165. The van der Waals surface area contributed by atoms with Crippen LogP contribution in [0, 0.1) is 0 Å². The summed E-state index contributed by atoms with van der Waals surface area (Å²) < 4.78 is 5.77. The molecule has 1 atom stereocenters. The van der Waals surface area contributed by atoms with Crippen LogP contribution in [0.3, 0.4) is 0 Å². The highest BCUT2D eigenvalue weighted by Gasteiger charge is 2.49. The van der Waals surface area contributed by atoms with E-state index in [2.05, 4.69) is 0 Å². The molecular formula is C25H28N2O2. The van der Waals surface area contributed by atoms with Gasteiger partial charge in [-0.05, 0) is 29.5 Å². The van der Waals surface area contributed by atoms with E-state index in [9.17, 15) is 4.79 Å². The molecule has 3 aromatic carbocycles. The van der Waals surface area contributed by atoms with E-state index in [0.29, 0.717) is 19.3 Å². The first-order chi connectivity index (χ1) is 13.9. The van der Waals surface area contributed by atoms with E-state index >= 15 is 0 Å². The summed E-state index contributed by atoms with van der Waals surface area (Å²) in [5, 5.41) is 0. The van der Waals surface area contributed by atoms with Gasteiger partial charge < -0.3 is 10.5 Å². The Labute approximate surface area is 172 Å². The van der Waals surface area contributed by atoms with Crippen molar-refractivity contribution >= 4 is 5.97 Å². The monoisotopic (exact) mass is 388 g/mol. The van der Waals surface area contributed by atoms with Crippen LogP contribution in [0.2, 0.25) is 0 Å². The van der Waals surface area contributed by atoms with Crippen molar-refractivity contribution in [3.8, 4) is 0 Å². The standard InChI is InChI=1S/C25H28N2O2/c1-20(28)29-25(27,19-23-15-9-4-10-16-23)24(26,17-21-11-5-2-6-12-21)18-22-13-7-3-8-14-22/h2-16H,17-19,26-27H2,1H3. The van der Waals surface area contributed by atoms with Crippen LogP contribution in [0.1, 0.15) is 23.6 Å². The molecule has 3 rings (SSSR count). The molecule has 3 aromatic rings. The quantitative estimate of drug-likeness (QED) is 0.456. The van der Waals surface area contributed by atoms with Crippen LogP contribution in [-0.4, -0.2) is 17.2 Å². The summed E-state index contributed by atoms with van der Waals surface area (Å²) in [4.78, 5) is 12.0. The van der Waals surface area contributed by atoms with Crippen LogP contribution >= 0.6 is 0 Å². The average molecular weight is 389 g/mol. The number of hydrogen-bond donors (Lipinski definition) is 2. The molecule has 4 heteroatoms. The van der Waals surface area contributed by atoms with Gasteiger partial charge in [0.2, 0.25) is 0 Å². The first-order valence-corrected chi connectivity index (χ1v) is 9.79. The molecule has 0 aliphatic heterocycles. The predicted molar refractivity (Wildman–Crippen MR) is 116 cm³/mol. The first-order valence-electron chi connectivity index (χ1n) is 9.79. The summed E-state index contributed by atoms with van der Waals surface area (Å²) in [7, 11) is 0. The van der Waals surface area contributed by atoms with Crippen LogP contribution in [0.15, 0.2) is 91.0 Å². The molecule has 0 aliphatic carbocycles. The van der Waals surface area contributed by atoms with Crippen molar-refractivity contribution in [2.75, 3.05) is 0 Å². The van der Waals surface area contributed by atoms with E-state index < -0.39 is 17.2 Å². The fourth-order valence-corrected chi connectivity index (χ4v) is 3.75. The molecule has 0 radical (unpaired) electrons. The molecule has 0 saturated heterocycles. The SMILES string of the molecule is CC(=O)OC(N)(Cc1ccccc1)C(N)(Cc1ccccc1)Cc1ccccc1. The van der Waals surface area contributed by atoms with Gasteiger partial charge in [-0.25, -0.2) is 0 Å². The van der Waals surface area contributed by atoms with Crippen molar-refractivity contribution in [1.29, 1.82) is 0 Å². The number of nitrogens with two attached hydrogens (primary N) is 2. The lowest BCUT2D eigenvalue weighted by Crippen LogP contribution is -2.71. The van der Waals surface area contributed by atoms with Crippen molar-refractivity contribution in [2.24, 2.45) is 11.5 Å². The maximum absolute atomic E-state index is 12.0. The third-order valence-corrected chi connectivity index (χ3v) is 5.20. The maximum Gasteiger partial charge on any atom is 0.304 e. The summed E-state index contributed by atoms with van der Waals surface area (Å²) in [6.45, 7) is 1.37. The van der Waals surface area contributed by atoms with E-state index in [-0.39, 0.29) is 0 Å². The van der Waals surface area contributed by atoms with E-state index in [1.54, 1.807) is 0 Å². The van der Waals surface area contributed by atoms with Crippen molar-refractivity contribution in [2.45, 2.75) is 37.5 Å². The van der Waals surface area contributed by atoms with Gasteiger partial charge in [0, 0.05) is 13.3 Å². The molecule has 1 unspecified atom stereocenters. The molecule has 0 heterocycles. The van der Waals surface area contributed by atoms with Crippen LogP contribution in [0.25, 0.3) is 0 Å². The van der Waals surface area contributed by atoms with Gasteiger partial charge in [-0.15, -0.1) is 0 Å². The van der Waals surface area contributed by atoms with Crippen LogP contribution in [0.4, 0.5) is 0 Å². The summed E-state index contributed by atoms with van der Waals surface area (Å²) in [5.41, 5.74) is 14.5. The zero-order chi connectivity index (χ0) is 20.7. The summed E-state index contributed by atoms with van der Waals surface area (Å²) in [6.07, 6.45) is 1.27. The van der Waals surface area contributed by atoms with Gasteiger partial charge >= 0.3 is 5.97 Å². The number of carbonyl (C=O) groups is 1. The Morgan fingerprint density at radius 2 is 1.03 bits per heavy atom. The Balaban J connectivity index is 2.04. The normalized spacial score (nSPS) is 13.5. The molecule has 4 nitrogen and oxygen atoms in total. The van der Waals surface area contributed by atoms with E-state index in [4.69, 9.17) is 16.2 Å². The second kappa shape index (κ2) is 9.03. The highest BCUT2D eigenvalue weighted by molar-refractivity contribution is 5.67. The Morgan fingerprint density at radius 3 is 1.38 bits per heavy atom. The van der Waals surface area contributed by atoms with Gasteiger partial charge in [0.05, 0.1) is 5.54 Å². The van der Waals surface area contributed by atoms with E-state index in [0.717, 1.165) is 16.7 Å². The Hall–Kier alpha value is -2.95. The molecule has 0 aliphatic rings. The van der Waals surface area contributed by atoms with Gasteiger partial charge in [-0.1, -0.05) is 91.0 Å². The second-order valence-electron chi connectivity index (χ2n) is 7.63. The van der Waals surface area contributed by atoms with Gasteiger partial charge in [-0.3, -0.25) is 10.5 Å². The fraction of sp³-hybridized carbons (Fsp3) is 0.240. The number of carbonyl (C=O) groups excluding carboxylic acids is 1. The smallest absolute Gasteiger partial charge is 0.304 e. The summed E-state index contributed by atoms with van der Waals surface area (Å²) in [5.74, 6) is -0.445. The Morgan fingerprint density at radius 1 is 0.690 bits per heavy atom. The first kappa shape index (κ1) is 20.8.